The summed E-state index contributed by atoms with van der Waals surface area (Å²) in [5.74, 6) is -0.583. The molecule has 16 heavy (non-hydrogen) atoms. The highest BCUT2D eigenvalue weighted by molar-refractivity contribution is 5.90. The van der Waals surface area contributed by atoms with Crippen molar-refractivity contribution < 1.29 is 4.79 Å². The van der Waals surface area contributed by atoms with E-state index in [4.69, 9.17) is 5.73 Å². The summed E-state index contributed by atoms with van der Waals surface area (Å²) in [5.41, 5.74) is 7.64. The average Bonchev–Trinajstić information content (AvgIpc) is 2.58. The van der Waals surface area contributed by atoms with Crippen molar-refractivity contribution in [3.05, 3.63) is 29.8 Å². The van der Waals surface area contributed by atoms with E-state index in [0.29, 0.717) is 5.69 Å². The van der Waals surface area contributed by atoms with Crippen LogP contribution in [0.15, 0.2) is 18.5 Å². The molecule has 6 heteroatoms. The maximum absolute atomic E-state index is 10.8. The number of aromatic nitrogens is 4. The third-order valence-electron chi connectivity index (χ3n) is 2.17. The molecule has 2 N–H and O–H groups in total. The Balaban J connectivity index is 2.42. The van der Waals surface area contributed by atoms with Crippen molar-refractivity contribution in [1.29, 1.82) is 0 Å². The monoisotopic (exact) mass is 217 g/mol. The Labute approximate surface area is 92.1 Å². The number of primary amides is 1. The van der Waals surface area contributed by atoms with Crippen molar-refractivity contribution in [3.8, 4) is 11.4 Å². The van der Waals surface area contributed by atoms with E-state index < -0.39 is 5.91 Å². The summed E-state index contributed by atoms with van der Waals surface area (Å²) in [4.78, 5) is 18.9. The van der Waals surface area contributed by atoms with E-state index in [9.17, 15) is 4.79 Å². The lowest BCUT2D eigenvalue weighted by atomic mass is 10.3. The van der Waals surface area contributed by atoms with E-state index >= 15 is 0 Å². The quantitative estimate of drug-likeness (QED) is 0.782. The average molecular weight is 217 g/mol. The fourth-order valence-corrected chi connectivity index (χ4v) is 1.44. The first-order chi connectivity index (χ1) is 7.58. The van der Waals surface area contributed by atoms with Gasteiger partial charge in [-0.25, -0.2) is 4.98 Å². The Morgan fingerprint density at radius 3 is 2.56 bits per heavy atom. The van der Waals surface area contributed by atoms with Crippen LogP contribution in [0.25, 0.3) is 11.4 Å². The van der Waals surface area contributed by atoms with Gasteiger partial charge in [0.25, 0.3) is 5.91 Å². The molecule has 0 aromatic carbocycles. The van der Waals surface area contributed by atoms with Gasteiger partial charge >= 0.3 is 0 Å². The first-order valence-electron chi connectivity index (χ1n) is 4.71. The van der Waals surface area contributed by atoms with Crippen LogP contribution in [0.3, 0.4) is 0 Å². The molecule has 0 aliphatic heterocycles. The number of carbonyl (C=O) groups excluding carboxylic acids is 1. The van der Waals surface area contributed by atoms with Gasteiger partial charge in [-0.15, -0.1) is 0 Å². The third-order valence-corrected chi connectivity index (χ3v) is 2.17. The second-order valence-electron chi connectivity index (χ2n) is 3.45. The van der Waals surface area contributed by atoms with Crippen molar-refractivity contribution in [3.63, 3.8) is 0 Å². The highest BCUT2D eigenvalue weighted by Gasteiger charge is 2.08. The molecule has 0 radical (unpaired) electrons. The summed E-state index contributed by atoms with van der Waals surface area (Å²) >= 11 is 0. The summed E-state index contributed by atoms with van der Waals surface area (Å²) in [6, 6.07) is 1.90. The van der Waals surface area contributed by atoms with Crippen molar-refractivity contribution in [2.24, 2.45) is 12.8 Å². The van der Waals surface area contributed by atoms with Gasteiger partial charge in [-0.1, -0.05) is 0 Å². The molecule has 2 aromatic heterocycles. The number of hydrogen-bond donors (Lipinski definition) is 1. The fraction of sp³-hybridized carbons (Fsp3) is 0.200. The van der Waals surface area contributed by atoms with Crippen LogP contribution in [0.2, 0.25) is 0 Å². The predicted octanol–water partition coefficient (Wildman–Crippen LogP) is 0.284. The summed E-state index contributed by atoms with van der Waals surface area (Å²) in [5, 5.41) is 4.20. The highest BCUT2D eigenvalue weighted by atomic mass is 16.1. The van der Waals surface area contributed by atoms with Gasteiger partial charge in [0.1, 0.15) is 11.4 Å². The number of rotatable bonds is 2. The Bertz CT molecular complexity index is 529. The minimum Gasteiger partial charge on any atom is -0.364 e. The zero-order valence-corrected chi connectivity index (χ0v) is 9.01. The van der Waals surface area contributed by atoms with E-state index in [2.05, 4.69) is 15.1 Å². The topological polar surface area (TPSA) is 86.7 Å². The van der Waals surface area contributed by atoms with Crippen LogP contribution in [0.1, 0.15) is 16.2 Å². The lowest BCUT2D eigenvalue weighted by Crippen LogP contribution is -2.13. The second kappa shape index (κ2) is 3.73. The first-order valence-corrected chi connectivity index (χ1v) is 4.71. The van der Waals surface area contributed by atoms with Gasteiger partial charge in [-0.2, -0.15) is 5.10 Å². The molecule has 0 fully saturated rings. The van der Waals surface area contributed by atoms with Crippen molar-refractivity contribution >= 4 is 5.91 Å². The van der Waals surface area contributed by atoms with E-state index in [-0.39, 0.29) is 5.69 Å². The normalized spacial score (nSPS) is 10.4. The molecule has 0 aliphatic rings. The Hall–Kier alpha value is -2.24. The minimum absolute atomic E-state index is 0.155. The van der Waals surface area contributed by atoms with E-state index in [1.165, 1.54) is 12.4 Å². The number of hydrogen-bond acceptors (Lipinski definition) is 4. The van der Waals surface area contributed by atoms with Crippen LogP contribution in [0.4, 0.5) is 0 Å². The molecule has 2 heterocycles. The van der Waals surface area contributed by atoms with E-state index in [0.717, 1.165) is 11.4 Å². The Morgan fingerprint density at radius 2 is 2.12 bits per heavy atom. The molecule has 0 saturated heterocycles. The molecular formula is C10H11N5O. The minimum atomic E-state index is -0.583. The zero-order chi connectivity index (χ0) is 11.7. The van der Waals surface area contributed by atoms with Crippen LogP contribution in [-0.4, -0.2) is 25.7 Å². The number of nitrogens with two attached hydrogens (primary N) is 1. The Kier molecular flexibility index (Phi) is 2.40. The SMILES string of the molecule is Cc1cc(-c2cnc(C(N)=O)cn2)n(C)n1. The molecule has 2 rings (SSSR count). The number of aryl methyl sites for hydroxylation is 2. The van der Waals surface area contributed by atoms with Crippen molar-refractivity contribution in [2.75, 3.05) is 0 Å². The molecule has 0 unspecified atom stereocenters. The van der Waals surface area contributed by atoms with Crippen LogP contribution in [0, 0.1) is 6.92 Å². The van der Waals surface area contributed by atoms with Crippen LogP contribution in [-0.2, 0) is 7.05 Å². The molecular weight excluding hydrogens is 206 g/mol. The standard InChI is InChI=1S/C10H11N5O/c1-6-3-9(15(2)14-6)7-4-13-8(5-12-7)10(11)16/h3-5H,1-2H3,(H2,11,16). The maximum Gasteiger partial charge on any atom is 0.268 e. The maximum atomic E-state index is 10.8. The molecule has 6 nitrogen and oxygen atoms in total. The van der Waals surface area contributed by atoms with Crippen LogP contribution < -0.4 is 5.73 Å². The molecule has 0 aliphatic carbocycles. The van der Waals surface area contributed by atoms with Gasteiger partial charge in [-0.3, -0.25) is 14.5 Å². The highest BCUT2D eigenvalue weighted by Crippen LogP contribution is 2.15. The predicted molar refractivity (Wildman–Crippen MR) is 57.5 cm³/mol. The number of nitrogens with zero attached hydrogens (tertiary/aromatic N) is 4. The van der Waals surface area contributed by atoms with E-state index in [1.54, 1.807) is 4.68 Å². The largest absolute Gasteiger partial charge is 0.364 e. The lowest BCUT2D eigenvalue weighted by molar-refractivity contribution is 0.0995. The summed E-state index contributed by atoms with van der Waals surface area (Å²) in [7, 11) is 1.83. The van der Waals surface area contributed by atoms with Gasteiger partial charge in [0.2, 0.25) is 0 Å². The summed E-state index contributed by atoms with van der Waals surface area (Å²) < 4.78 is 1.71. The van der Waals surface area contributed by atoms with E-state index in [1.807, 2.05) is 20.0 Å². The van der Waals surface area contributed by atoms with Gasteiger partial charge < -0.3 is 5.73 Å². The van der Waals surface area contributed by atoms with Gasteiger partial charge in [0, 0.05) is 7.05 Å². The summed E-state index contributed by atoms with van der Waals surface area (Å²) in [6.45, 7) is 1.90. The van der Waals surface area contributed by atoms with Gasteiger partial charge in [-0.05, 0) is 13.0 Å². The van der Waals surface area contributed by atoms with Crippen LogP contribution >= 0.6 is 0 Å². The molecule has 2 aromatic rings. The lowest BCUT2D eigenvalue weighted by Gasteiger charge is -2.00. The molecule has 0 atom stereocenters. The second-order valence-corrected chi connectivity index (χ2v) is 3.45. The van der Waals surface area contributed by atoms with Crippen molar-refractivity contribution in [2.45, 2.75) is 6.92 Å². The van der Waals surface area contributed by atoms with Crippen LogP contribution in [0.5, 0.6) is 0 Å². The molecule has 82 valence electrons. The number of amides is 1. The number of carbonyl (C=O) groups is 1. The Morgan fingerprint density at radius 1 is 1.38 bits per heavy atom. The third kappa shape index (κ3) is 1.77. The smallest absolute Gasteiger partial charge is 0.268 e. The summed E-state index contributed by atoms with van der Waals surface area (Å²) in [6.07, 6.45) is 2.87. The first kappa shape index (κ1) is 10.3. The van der Waals surface area contributed by atoms with Gasteiger partial charge in [0.05, 0.1) is 23.8 Å². The molecule has 0 saturated carbocycles. The molecule has 0 bridgehead atoms. The van der Waals surface area contributed by atoms with Crippen molar-refractivity contribution in [1.82, 2.24) is 19.7 Å². The molecule has 0 spiro atoms. The van der Waals surface area contributed by atoms with Gasteiger partial charge in [0.15, 0.2) is 0 Å². The molecule has 1 amide bonds. The zero-order valence-electron chi connectivity index (χ0n) is 9.01. The fourth-order valence-electron chi connectivity index (χ4n) is 1.44.